The van der Waals surface area contributed by atoms with E-state index in [1.807, 2.05) is 6.08 Å². The van der Waals surface area contributed by atoms with Gasteiger partial charge in [0.2, 0.25) is 17.7 Å². The van der Waals surface area contributed by atoms with Crippen molar-refractivity contribution in [1.29, 1.82) is 0 Å². The molecule has 0 saturated carbocycles. The molecule has 0 aromatic carbocycles. The van der Waals surface area contributed by atoms with Gasteiger partial charge >= 0.3 is 0 Å². The summed E-state index contributed by atoms with van der Waals surface area (Å²) in [7, 11) is 0. The maximum atomic E-state index is 12.5. The standard InChI is InChI=1S/C28H53N3O3/c1-4-7-10-11-12-13-14-15-16-17-18-19-20-27(33)31-25(28(34)30-24-9-6-3)21-22-26(32)29-23-8-5-2/h19-20,25H,4-18,21-24H2,1-3H3,(H,29,32)(H,30,34)(H,31,33)/b20-19+/t25-/m0/s1. The second-order valence-electron chi connectivity index (χ2n) is 9.32. The van der Waals surface area contributed by atoms with Gasteiger partial charge in [0.05, 0.1) is 0 Å². The van der Waals surface area contributed by atoms with Crippen LogP contribution in [-0.2, 0) is 14.4 Å². The first-order valence-electron chi connectivity index (χ1n) is 14.1. The van der Waals surface area contributed by atoms with E-state index in [2.05, 4.69) is 36.7 Å². The van der Waals surface area contributed by atoms with E-state index in [1.165, 1.54) is 63.9 Å². The second-order valence-corrected chi connectivity index (χ2v) is 9.32. The minimum absolute atomic E-state index is 0.0782. The average Bonchev–Trinajstić information content (AvgIpc) is 2.82. The van der Waals surface area contributed by atoms with Crippen molar-refractivity contribution in [3.05, 3.63) is 12.2 Å². The maximum absolute atomic E-state index is 12.5. The lowest BCUT2D eigenvalue weighted by Crippen LogP contribution is -2.47. The van der Waals surface area contributed by atoms with E-state index in [0.717, 1.165) is 38.5 Å². The molecule has 0 aromatic heterocycles. The first kappa shape index (κ1) is 32.1. The molecular weight excluding hydrogens is 426 g/mol. The Balaban J connectivity index is 4.22. The SMILES string of the molecule is CCCCCCCCCCCC/C=C/C(=O)N[C@@H](CCC(=O)NCCCC)C(=O)NCCCC. The molecule has 6 nitrogen and oxygen atoms in total. The lowest BCUT2D eigenvalue weighted by atomic mass is 10.1. The summed E-state index contributed by atoms with van der Waals surface area (Å²) in [6, 6.07) is -0.691. The molecule has 3 N–H and O–H groups in total. The highest BCUT2D eigenvalue weighted by Crippen LogP contribution is 2.11. The first-order chi connectivity index (χ1) is 16.5. The van der Waals surface area contributed by atoms with E-state index in [-0.39, 0.29) is 24.1 Å². The maximum Gasteiger partial charge on any atom is 0.244 e. The zero-order valence-corrected chi connectivity index (χ0v) is 22.4. The van der Waals surface area contributed by atoms with E-state index in [1.54, 1.807) is 0 Å². The van der Waals surface area contributed by atoms with Crippen molar-refractivity contribution in [3.63, 3.8) is 0 Å². The molecule has 34 heavy (non-hydrogen) atoms. The Hall–Kier alpha value is -1.85. The van der Waals surface area contributed by atoms with E-state index >= 15 is 0 Å². The molecule has 0 aliphatic carbocycles. The Kier molecular flexibility index (Phi) is 23.0. The quantitative estimate of drug-likeness (QED) is 0.125. The molecule has 0 aliphatic rings. The molecule has 3 amide bonds. The van der Waals surface area contributed by atoms with Crippen LogP contribution in [-0.4, -0.2) is 36.9 Å². The van der Waals surface area contributed by atoms with Crippen LogP contribution in [0.4, 0.5) is 0 Å². The molecule has 0 aromatic rings. The summed E-state index contributed by atoms with van der Waals surface area (Å²) in [6.45, 7) is 7.61. The molecule has 0 rings (SSSR count). The van der Waals surface area contributed by atoms with Crippen molar-refractivity contribution in [2.24, 2.45) is 0 Å². The summed E-state index contributed by atoms with van der Waals surface area (Å²) in [6.07, 6.45) is 21.6. The summed E-state index contributed by atoms with van der Waals surface area (Å²) >= 11 is 0. The summed E-state index contributed by atoms with van der Waals surface area (Å²) in [4.78, 5) is 36.9. The van der Waals surface area contributed by atoms with Gasteiger partial charge in [-0.3, -0.25) is 14.4 Å². The van der Waals surface area contributed by atoms with E-state index in [9.17, 15) is 14.4 Å². The molecule has 0 heterocycles. The Bertz CT molecular complexity index is 549. The molecule has 0 aliphatic heterocycles. The van der Waals surface area contributed by atoms with Crippen molar-refractivity contribution in [1.82, 2.24) is 16.0 Å². The summed E-state index contributed by atoms with van der Waals surface area (Å²) in [5.74, 6) is -0.564. The van der Waals surface area contributed by atoms with Crippen molar-refractivity contribution in [3.8, 4) is 0 Å². The zero-order valence-electron chi connectivity index (χ0n) is 22.4. The van der Waals surface area contributed by atoms with E-state index in [4.69, 9.17) is 0 Å². The molecule has 0 saturated heterocycles. The molecule has 0 unspecified atom stereocenters. The third kappa shape index (κ3) is 20.7. The van der Waals surface area contributed by atoms with Gasteiger partial charge in [0.1, 0.15) is 6.04 Å². The van der Waals surface area contributed by atoms with Gasteiger partial charge in [-0.2, -0.15) is 0 Å². The Morgan fingerprint density at radius 1 is 0.676 bits per heavy atom. The fourth-order valence-corrected chi connectivity index (χ4v) is 3.71. The fraction of sp³-hybridized carbons (Fsp3) is 0.821. The Morgan fingerprint density at radius 3 is 1.79 bits per heavy atom. The number of carbonyl (C=O) groups excluding carboxylic acids is 3. The van der Waals surface area contributed by atoms with Crippen LogP contribution in [0, 0.1) is 0 Å². The molecule has 198 valence electrons. The van der Waals surface area contributed by atoms with E-state index in [0.29, 0.717) is 19.5 Å². The number of allylic oxidation sites excluding steroid dienone is 1. The largest absolute Gasteiger partial charge is 0.356 e. The summed E-state index contributed by atoms with van der Waals surface area (Å²) in [5.41, 5.74) is 0. The molecule has 0 spiro atoms. The predicted molar refractivity (Wildman–Crippen MR) is 143 cm³/mol. The number of unbranched alkanes of at least 4 members (excludes halogenated alkanes) is 12. The van der Waals surface area contributed by atoms with Crippen molar-refractivity contribution < 1.29 is 14.4 Å². The van der Waals surface area contributed by atoms with Crippen LogP contribution in [0.3, 0.4) is 0 Å². The number of hydrogen-bond donors (Lipinski definition) is 3. The van der Waals surface area contributed by atoms with Gasteiger partial charge in [-0.05, 0) is 38.2 Å². The number of rotatable bonds is 23. The second kappa shape index (κ2) is 24.3. The van der Waals surface area contributed by atoms with Gasteiger partial charge in [-0.25, -0.2) is 0 Å². The number of amides is 3. The molecular formula is C28H53N3O3. The van der Waals surface area contributed by atoms with Crippen LogP contribution in [0.15, 0.2) is 12.2 Å². The highest BCUT2D eigenvalue weighted by Gasteiger charge is 2.20. The Labute approximate surface area is 209 Å². The van der Waals surface area contributed by atoms with Crippen LogP contribution in [0.2, 0.25) is 0 Å². The fourth-order valence-electron chi connectivity index (χ4n) is 3.71. The van der Waals surface area contributed by atoms with Crippen molar-refractivity contribution in [2.45, 2.75) is 136 Å². The van der Waals surface area contributed by atoms with E-state index < -0.39 is 6.04 Å². The first-order valence-corrected chi connectivity index (χ1v) is 14.1. The average molecular weight is 480 g/mol. The normalized spacial score (nSPS) is 12.0. The Morgan fingerprint density at radius 2 is 1.21 bits per heavy atom. The van der Waals surface area contributed by atoms with Crippen molar-refractivity contribution >= 4 is 17.7 Å². The van der Waals surface area contributed by atoms with Crippen LogP contribution >= 0.6 is 0 Å². The smallest absolute Gasteiger partial charge is 0.244 e. The molecule has 0 radical (unpaired) electrons. The monoisotopic (exact) mass is 479 g/mol. The molecule has 0 bridgehead atoms. The van der Waals surface area contributed by atoms with Crippen LogP contribution < -0.4 is 16.0 Å². The minimum atomic E-state index is -0.691. The topological polar surface area (TPSA) is 87.3 Å². The summed E-state index contributed by atoms with van der Waals surface area (Å²) < 4.78 is 0. The molecule has 6 heteroatoms. The minimum Gasteiger partial charge on any atom is -0.356 e. The van der Waals surface area contributed by atoms with Gasteiger partial charge in [-0.15, -0.1) is 0 Å². The number of carbonyl (C=O) groups is 3. The highest BCUT2D eigenvalue weighted by molar-refractivity contribution is 5.93. The predicted octanol–water partition coefficient (Wildman–Crippen LogP) is 5.95. The van der Waals surface area contributed by atoms with Crippen LogP contribution in [0.25, 0.3) is 0 Å². The number of hydrogen-bond acceptors (Lipinski definition) is 3. The lowest BCUT2D eigenvalue weighted by molar-refractivity contribution is -0.128. The zero-order chi connectivity index (χ0) is 25.3. The van der Waals surface area contributed by atoms with Gasteiger partial charge in [-0.1, -0.05) is 97.5 Å². The molecule has 1 atom stereocenters. The third-order valence-electron chi connectivity index (χ3n) is 5.97. The van der Waals surface area contributed by atoms with Crippen LogP contribution in [0.1, 0.15) is 130 Å². The third-order valence-corrected chi connectivity index (χ3v) is 5.97. The van der Waals surface area contributed by atoms with Gasteiger partial charge in [0.15, 0.2) is 0 Å². The lowest BCUT2D eigenvalue weighted by Gasteiger charge is -2.17. The van der Waals surface area contributed by atoms with Gasteiger partial charge in [0.25, 0.3) is 0 Å². The van der Waals surface area contributed by atoms with Crippen molar-refractivity contribution in [2.75, 3.05) is 13.1 Å². The number of nitrogens with one attached hydrogen (secondary N) is 3. The van der Waals surface area contributed by atoms with Gasteiger partial charge < -0.3 is 16.0 Å². The highest BCUT2D eigenvalue weighted by atomic mass is 16.2. The van der Waals surface area contributed by atoms with Gasteiger partial charge in [0, 0.05) is 19.5 Å². The summed E-state index contributed by atoms with van der Waals surface area (Å²) in [5, 5.41) is 8.52. The van der Waals surface area contributed by atoms with Crippen LogP contribution in [0.5, 0.6) is 0 Å². The molecule has 0 fully saturated rings.